The van der Waals surface area contributed by atoms with Crippen molar-refractivity contribution in [1.82, 2.24) is 14.7 Å². The molecule has 0 unspecified atom stereocenters. The number of hydrogen-bond acceptors (Lipinski definition) is 3. The molecular weight excluding hydrogens is 236 g/mol. The van der Waals surface area contributed by atoms with Crippen LogP contribution in [0.15, 0.2) is 12.3 Å². The molecule has 2 N–H and O–H groups in total. The number of hydrogen-bond donors (Lipinski definition) is 1. The molecule has 1 aliphatic rings. The molecule has 0 spiro atoms. The zero-order valence-corrected chi connectivity index (χ0v) is 12.4. The second-order valence-electron chi connectivity index (χ2n) is 6.16. The molecule has 19 heavy (non-hydrogen) atoms. The van der Waals surface area contributed by atoms with Gasteiger partial charge in [0.05, 0.1) is 6.54 Å². The number of nitrogen functional groups attached to an aromatic ring is 1. The minimum Gasteiger partial charge on any atom is -0.382 e. The van der Waals surface area contributed by atoms with E-state index in [0.29, 0.717) is 5.82 Å². The first-order valence-corrected chi connectivity index (χ1v) is 7.68. The smallest absolute Gasteiger partial charge is 0.145 e. The van der Waals surface area contributed by atoms with E-state index in [1.807, 2.05) is 16.9 Å². The van der Waals surface area contributed by atoms with Crippen molar-refractivity contribution < 1.29 is 0 Å². The van der Waals surface area contributed by atoms with E-state index >= 15 is 0 Å². The van der Waals surface area contributed by atoms with E-state index in [9.17, 15) is 0 Å². The van der Waals surface area contributed by atoms with Gasteiger partial charge in [0.15, 0.2) is 0 Å². The van der Waals surface area contributed by atoms with Crippen LogP contribution in [0.5, 0.6) is 0 Å². The lowest BCUT2D eigenvalue weighted by molar-refractivity contribution is 0.179. The van der Waals surface area contributed by atoms with Gasteiger partial charge in [-0.2, -0.15) is 5.10 Å². The summed E-state index contributed by atoms with van der Waals surface area (Å²) in [5.41, 5.74) is 5.66. The van der Waals surface area contributed by atoms with Crippen molar-refractivity contribution in [2.45, 2.75) is 58.5 Å². The lowest BCUT2D eigenvalue weighted by Crippen LogP contribution is -2.37. The van der Waals surface area contributed by atoms with E-state index in [4.69, 9.17) is 5.73 Å². The van der Waals surface area contributed by atoms with Gasteiger partial charge in [-0.15, -0.1) is 0 Å². The predicted octanol–water partition coefficient (Wildman–Crippen LogP) is 2.76. The average molecular weight is 264 g/mol. The summed E-state index contributed by atoms with van der Waals surface area (Å²) in [6.45, 7) is 7.88. The van der Waals surface area contributed by atoms with Crippen LogP contribution >= 0.6 is 0 Å². The lowest BCUT2D eigenvalue weighted by atomic mass is 10.1. The molecule has 1 aromatic heterocycles. The summed E-state index contributed by atoms with van der Waals surface area (Å²) in [7, 11) is 0. The number of nitrogens with zero attached hydrogens (tertiary/aromatic N) is 3. The quantitative estimate of drug-likeness (QED) is 0.823. The molecule has 1 saturated carbocycles. The van der Waals surface area contributed by atoms with Gasteiger partial charge < -0.3 is 5.73 Å². The molecular formula is C15H28N4. The fourth-order valence-electron chi connectivity index (χ4n) is 2.90. The highest BCUT2D eigenvalue weighted by Gasteiger charge is 2.22. The molecule has 0 aromatic carbocycles. The van der Waals surface area contributed by atoms with E-state index in [1.165, 1.54) is 38.6 Å². The lowest BCUT2D eigenvalue weighted by Gasteiger charge is -2.29. The standard InChI is InChI=1S/C15H28N4/c1-13(2)7-9-18(14-5-3-4-6-14)11-12-19-10-8-15(16)17-19/h8,10,13-14H,3-7,9,11-12H2,1-2H3,(H2,16,17). The van der Waals surface area contributed by atoms with Crippen molar-refractivity contribution >= 4 is 5.82 Å². The first-order chi connectivity index (χ1) is 9.15. The second-order valence-corrected chi connectivity index (χ2v) is 6.16. The van der Waals surface area contributed by atoms with Gasteiger partial charge in [0.25, 0.3) is 0 Å². The zero-order valence-electron chi connectivity index (χ0n) is 12.4. The monoisotopic (exact) mass is 264 g/mol. The summed E-state index contributed by atoms with van der Waals surface area (Å²) in [6, 6.07) is 2.67. The van der Waals surface area contributed by atoms with Gasteiger partial charge in [0.2, 0.25) is 0 Å². The predicted molar refractivity (Wildman–Crippen MR) is 79.9 cm³/mol. The fourth-order valence-corrected chi connectivity index (χ4v) is 2.90. The summed E-state index contributed by atoms with van der Waals surface area (Å²) in [5.74, 6) is 1.40. The molecule has 0 saturated heterocycles. The van der Waals surface area contributed by atoms with Gasteiger partial charge >= 0.3 is 0 Å². The first kappa shape index (κ1) is 14.4. The summed E-state index contributed by atoms with van der Waals surface area (Å²) < 4.78 is 1.96. The van der Waals surface area contributed by atoms with E-state index < -0.39 is 0 Å². The molecule has 2 rings (SSSR count). The molecule has 108 valence electrons. The van der Waals surface area contributed by atoms with Crippen molar-refractivity contribution in [1.29, 1.82) is 0 Å². The Hall–Kier alpha value is -1.03. The molecule has 0 bridgehead atoms. The molecule has 1 aromatic rings. The van der Waals surface area contributed by atoms with Crippen LogP contribution in [0.3, 0.4) is 0 Å². The maximum Gasteiger partial charge on any atom is 0.145 e. The van der Waals surface area contributed by atoms with Gasteiger partial charge in [-0.25, -0.2) is 0 Å². The van der Waals surface area contributed by atoms with Crippen LogP contribution in [0.4, 0.5) is 5.82 Å². The van der Waals surface area contributed by atoms with Crippen LogP contribution in [-0.4, -0.2) is 33.8 Å². The Morgan fingerprint density at radius 1 is 1.37 bits per heavy atom. The van der Waals surface area contributed by atoms with E-state index in [2.05, 4.69) is 23.8 Å². The normalized spacial score (nSPS) is 16.8. The highest BCUT2D eigenvalue weighted by molar-refractivity contribution is 5.23. The van der Waals surface area contributed by atoms with E-state index in [1.54, 1.807) is 0 Å². The maximum atomic E-state index is 5.66. The van der Waals surface area contributed by atoms with Crippen LogP contribution in [-0.2, 0) is 6.54 Å². The number of aromatic nitrogens is 2. The van der Waals surface area contributed by atoms with Crippen molar-refractivity contribution in [3.63, 3.8) is 0 Å². The van der Waals surface area contributed by atoms with Crippen LogP contribution in [0.2, 0.25) is 0 Å². The van der Waals surface area contributed by atoms with Gasteiger partial charge in [0.1, 0.15) is 5.82 Å². The molecule has 4 heteroatoms. The Labute approximate surface area is 117 Å². The Balaban J connectivity index is 1.85. The maximum absolute atomic E-state index is 5.66. The molecule has 1 aliphatic carbocycles. The fraction of sp³-hybridized carbons (Fsp3) is 0.800. The minimum absolute atomic E-state index is 0.620. The van der Waals surface area contributed by atoms with Gasteiger partial charge in [0, 0.05) is 18.8 Å². The Morgan fingerprint density at radius 2 is 2.11 bits per heavy atom. The number of rotatable bonds is 7. The van der Waals surface area contributed by atoms with Crippen molar-refractivity contribution in [3.8, 4) is 0 Å². The van der Waals surface area contributed by atoms with Gasteiger partial charge in [-0.1, -0.05) is 26.7 Å². The summed E-state index contributed by atoms with van der Waals surface area (Å²) >= 11 is 0. The van der Waals surface area contributed by atoms with E-state index in [-0.39, 0.29) is 0 Å². The van der Waals surface area contributed by atoms with Crippen molar-refractivity contribution in [2.75, 3.05) is 18.8 Å². The Bertz CT molecular complexity index is 366. The van der Waals surface area contributed by atoms with Crippen LogP contribution in [0.25, 0.3) is 0 Å². The molecule has 0 radical (unpaired) electrons. The molecule has 1 heterocycles. The third kappa shape index (κ3) is 4.53. The third-order valence-corrected chi connectivity index (χ3v) is 4.11. The third-order valence-electron chi connectivity index (χ3n) is 4.11. The molecule has 0 atom stereocenters. The zero-order chi connectivity index (χ0) is 13.7. The SMILES string of the molecule is CC(C)CCN(CCn1ccc(N)n1)C1CCCC1. The summed E-state index contributed by atoms with van der Waals surface area (Å²) in [4.78, 5) is 2.67. The molecule has 4 nitrogen and oxygen atoms in total. The largest absolute Gasteiger partial charge is 0.382 e. The number of anilines is 1. The highest BCUT2D eigenvalue weighted by atomic mass is 15.3. The topological polar surface area (TPSA) is 47.1 Å². The molecule has 0 amide bonds. The molecule has 0 aliphatic heterocycles. The second kappa shape index (κ2) is 6.94. The van der Waals surface area contributed by atoms with E-state index in [0.717, 1.165) is 25.0 Å². The summed E-state index contributed by atoms with van der Waals surface area (Å²) in [6.07, 6.45) is 8.82. The Kier molecular flexibility index (Phi) is 5.25. The Morgan fingerprint density at radius 3 is 2.68 bits per heavy atom. The van der Waals surface area contributed by atoms with Gasteiger partial charge in [-0.05, 0) is 37.8 Å². The van der Waals surface area contributed by atoms with Crippen molar-refractivity contribution in [2.24, 2.45) is 5.92 Å². The van der Waals surface area contributed by atoms with Crippen LogP contribution < -0.4 is 5.73 Å². The minimum atomic E-state index is 0.620. The van der Waals surface area contributed by atoms with Crippen LogP contribution in [0, 0.1) is 5.92 Å². The number of nitrogens with two attached hydrogens (primary N) is 1. The summed E-state index contributed by atoms with van der Waals surface area (Å²) in [5, 5.41) is 4.27. The molecule has 1 fully saturated rings. The first-order valence-electron chi connectivity index (χ1n) is 7.68. The highest BCUT2D eigenvalue weighted by Crippen LogP contribution is 2.24. The average Bonchev–Trinajstić information content (AvgIpc) is 3.00. The van der Waals surface area contributed by atoms with Crippen molar-refractivity contribution in [3.05, 3.63) is 12.3 Å². The van der Waals surface area contributed by atoms with Crippen LogP contribution in [0.1, 0.15) is 46.0 Å². The van der Waals surface area contributed by atoms with Gasteiger partial charge in [-0.3, -0.25) is 9.58 Å².